The molecule has 1 N–H and O–H groups in total. The van der Waals surface area contributed by atoms with Crippen LogP contribution < -0.4 is 21.2 Å². The zero-order chi connectivity index (χ0) is 23.6. The molecule has 0 aromatic heterocycles. The van der Waals surface area contributed by atoms with Gasteiger partial charge in [0.2, 0.25) is 0 Å². The molecule has 0 saturated carbocycles. The molecule has 0 aliphatic heterocycles. The minimum absolute atomic E-state index is 0.338. The molecule has 0 aliphatic rings. The Labute approximate surface area is 205 Å². The number of rotatable bonds is 11. The number of carboxylic acids is 1. The Bertz CT molecular complexity index is 970. The predicted molar refractivity (Wildman–Crippen MR) is 148 cm³/mol. The number of carboxylic acid groups (broad SMARTS) is 1. The van der Waals surface area contributed by atoms with Crippen molar-refractivity contribution in [3.05, 3.63) is 121 Å². The molecule has 0 bridgehead atoms. The average Bonchev–Trinajstić information content (AvgIpc) is 2.90. The molecule has 0 heterocycles. The van der Waals surface area contributed by atoms with E-state index in [2.05, 4.69) is 97.1 Å². The lowest BCUT2D eigenvalue weighted by Crippen LogP contribution is -2.22. The van der Waals surface area contributed by atoms with Crippen molar-refractivity contribution in [2.45, 2.75) is 12.8 Å². The lowest BCUT2D eigenvalue weighted by Gasteiger charge is -2.23. The maximum absolute atomic E-state index is 12.3. The average molecular weight is 485 g/mol. The summed E-state index contributed by atoms with van der Waals surface area (Å²) in [7, 11) is -1.16. The van der Waals surface area contributed by atoms with Crippen LogP contribution in [0.25, 0.3) is 0 Å². The van der Waals surface area contributed by atoms with E-state index < -0.39 is 21.8 Å². The highest BCUT2D eigenvalue weighted by Gasteiger charge is 2.23. The van der Waals surface area contributed by atoms with Crippen LogP contribution in [0.4, 0.5) is 0 Å². The lowest BCUT2D eigenvalue weighted by molar-refractivity contribution is -0.141. The molecule has 0 fully saturated rings. The van der Waals surface area contributed by atoms with Crippen LogP contribution in [0.5, 0.6) is 0 Å². The van der Waals surface area contributed by atoms with Crippen molar-refractivity contribution in [2.75, 3.05) is 12.3 Å². The third kappa shape index (κ3) is 6.63. The van der Waals surface area contributed by atoms with Crippen molar-refractivity contribution >= 4 is 43.0 Å². The van der Waals surface area contributed by atoms with Crippen LogP contribution in [0.1, 0.15) is 12.8 Å². The van der Waals surface area contributed by atoms with Gasteiger partial charge in [-0.05, 0) is 62.2 Å². The minimum atomic E-state index is -0.674. The Hall–Kier alpha value is -2.79. The summed E-state index contributed by atoms with van der Waals surface area (Å²) in [5.41, 5.74) is 0. The first-order chi connectivity index (χ1) is 16.7. The van der Waals surface area contributed by atoms with Crippen LogP contribution >= 0.6 is 15.8 Å². The minimum Gasteiger partial charge on any atom is -0.481 e. The topological polar surface area (TPSA) is 37.3 Å². The Kier molecular flexibility index (Phi) is 9.03. The summed E-state index contributed by atoms with van der Waals surface area (Å²) in [6, 6.07) is 42.2. The molecular formula is C30H30O2P2. The molecule has 4 rings (SSSR count). The van der Waals surface area contributed by atoms with E-state index in [0.717, 1.165) is 12.3 Å². The van der Waals surface area contributed by atoms with Gasteiger partial charge in [0.05, 0.1) is 5.92 Å². The standard InChI is InChI=1S/C30H30O2P2/c31-30(32)25(21-23-33(26-13-5-1-6-14-26)27-15-7-2-8-16-27)22-24-34(28-17-9-3-10-18-28)29-19-11-4-12-20-29/h1-20,25H,21-24H2,(H,31,32). The summed E-state index contributed by atoms with van der Waals surface area (Å²) in [6.45, 7) is 0. The SMILES string of the molecule is O=C(O)C(CCP(c1ccccc1)c1ccccc1)CCP(c1ccccc1)c1ccccc1. The summed E-state index contributed by atoms with van der Waals surface area (Å²) in [5, 5.41) is 15.3. The maximum Gasteiger partial charge on any atom is 0.306 e. The van der Waals surface area contributed by atoms with Crippen molar-refractivity contribution in [3.8, 4) is 0 Å². The van der Waals surface area contributed by atoms with E-state index >= 15 is 0 Å². The van der Waals surface area contributed by atoms with E-state index in [1.165, 1.54) is 21.2 Å². The van der Waals surface area contributed by atoms with E-state index in [1.54, 1.807) is 0 Å². The lowest BCUT2D eigenvalue weighted by atomic mass is 10.0. The molecule has 4 aromatic rings. The van der Waals surface area contributed by atoms with Crippen molar-refractivity contribution < 1.29 is 9.90 Å². The van der Waals surface area contributed by atoms with Gasteiger partial charge in [-0.1, -0.05) is 121 Å². The number of benzene rings is 4. The molecule has 4 heteroatoms. The van der Waals surface area contributed by atoms with Crippen LogP contribution in [-0.2, 0) is 4.79 Å². The van der Waals surface area contributed by atoms with Crippen LogP contribution in [0.2, 0.25) is 0 Å². The van der Waals surface area contributed by atoms with Crippen molar-refractivity contribution in [1.82, 2.24) is 0 Å². The molecule has 0 radical (unpaired) electrons. The van der Waals surface area contributed by atoms with E-state index in [4.69, 9.17) is 0 Å². The third-order valence-electron chi connectivity index (χ3n) is 6.02. The first kappa shape index (κ1) is 24.3. The van der Waals surface area contributed by atoms with Gasteiger partial charge in [-0.15, -0.1) is 0 Å². The molecule has 0 amide bonds. The smallest absolute Gasteiger partial charge is 0.306 e. The van der Waals surface area contributed by atoms with Crippen LogP contribution in [0, 0.1) is 5.92 Å². The van der Waals surface area contributed by atoms with E-state index in [9.17, 15) is 9.90 Å². The summed E-state index contributed by atoms with van der Waals surface area (Å²) in [4.78, 5) is 12.3. The molecule has 2 nitrogen and oxygen atoms in total. The largest absolute Gasteiger partial charge is 0.481 e. The highest BCUT2D eigenvalue weighted by atomic mass is 31.1. The molecule has 172 valence electrons. The van der Waals surface area contributed by atoms with Gasteiger partial charge in [-0.3, -0.25) is 4.79 Å². The van der Waals surface area contributed by atoms with Crippen molar-refractivity contribution in [1.29, 1.82) is 0 Å². The van der Waals surface area contributed by atoms with Gasteiger partial charge in [-0.2, -0.15) is 0 Å². The molecule has 4 aromatic carbocycles. The van der Waals surface area contributed by atoms with Crippen LogP contribution in [-0.4, -0.2) is 23.4 Å². The van der Waals surface area contributed by atoms with Crippen molar-refractivity contribution in [3.63, 3.8) is 0 Å². The van der Waals surface area contributed by atoms with Gasteiger partial charge in [-0.25, -0.2) is 0 Å². The summed E-state index contributed by atoms with van der Waals surface area (Å²) in [5.74, 6) is -1.01. The van der Waals surface area contributed by atoms with E-state index in [-0.39, 0.29) is 5.92 Å². The monoisotopic (exact) mass is 484 g/mol. The molecule has 0 spiro atoms. The Morgan fingerprint density at radius 3 is 1.03 bits per heavy atom. The molecule has 0 saturated heterocycles. The highest BCUT2D eigenvalue weighted by Crippen LogP contribution is 2.38. The third-order valence-corrected chi connectivity index (χ3v) is 11.1. The maximum atomic E-state index is 12.3. The van der Waals surface area contributed by atoms with Gasteiger partial charge in [0.15, 0.2) is 0 Å². The Balaban J connectivity index is 1.50. The number of aliphatic carboxylic acids is 1. The summed E-state index contributed by atoms with van der Waals surface area (Å²) < 4.78 is 0. The Morgan fingerprint density at radius 1 is 0.529 bits per heavy atom. The number of carbonyl (C=O) groups is 1. The van der Waals surface area contributed by atoms with Gasteiger partial charge in [0.25, 0.3) is 0 Å². The fraction of sp³-hybridized carbons (Fsp3) is 0.167. The summed E-state index contributed by atoms with van der Waals surface area (Å²) in [6.07, 6.45) is 3.15. The first-order valence-electron chi connectivity index (χ1n) is 11.7. The first-order valence-corrected chi connectivity index (χ1v) is 14.8. The fourth-order valence-corrected chi connectivity index (χ4v) is 9.10. The molecule has 0 aliphatic carbocycles. The number of hydrogen-bond donors (Lipinski definition) is 1. The van der Waals surface area contributed by atoms with Gasteiger partial charge >= 0.3 is 5.97 Å². The second-order valence-electron chi connectivity index (χ2n) is 8.26. The second kappa shape index (κ2) is 12.6. The zero-order valence-corrected chi connectivity index (χ0v) is 21.0. The molecule has 34 heavy (non-hydrogen) atoms. The molecular weight excluding hydrogens is 454 g/mol. The van der Waals surface area contributed by atoms with Gasteiger partial charge in [0, 0.05) is 0 Å². The van der Waals surface area contributed by atoms with E-state index in [1.807, 2.05) is 24.3 Å². The summed E-state index contributed by atoms with van der Waals surface area (Å²) >= 11 is 0. The fourth-order valence-electron chi connectivity index (χ4n) is 4.21. The van der Waals surface area contributed by atoms with E-state index in [0.29, 0.717) is 12.8 Å². The Morgan fingerprint density at radius 2 is 0.794 bits per heavy atom. The normalized spacial score (nSPS) is 11.3. The van der Waals surface area contributed by atoms with Gasteiger partial charge in [0.1, 0.15) is 0 Å². The quantitative estimate of drug-likeness (QED) is 0.276. The van der Waals surface area contributed by atoms with Gasteiger partial charge < -0.3 is 5.11 Å². The molecule has 0 unspecified atom stereocenters. The number of hydrogen-bond acceptors (Lipinski definition) is 1. The van der Waals surface area contributed by atoms with Crippen LogP contribution in [0.3, 0.4) is 0 Å². The van der Waals surface area contributed by atoms with Crippen molar-refractivity contribution in [2.24, 2.45) is 5.92 Å². The highest BCUT2D eigenvalue weighted by molar-refractivity contribution is 7.73. The van der Waals surface area contributed by atoms with Crippen LogP contribution in [0.15, 0.2) is 121 Å². The predicted octanol–water partition coefficient (Wildman–Crippen LogP) is 5.73. The second-order valence-corrected chi connectivity index (χ2v) is 12.9. The molecule has 0 atom stereocenters. The zero-order valence-electron chi connectivity index (χ0n) is 19.2.